The summed E-state index contributed by atoms with van der Waals surface area (Å²) in [6.07, 6.45) is 6.00. The molecule has 2 rings (SSSR count). The van der Waals surface area contributed by atoms with Crippen LogP contribution in [0.1, 0.15) is 24.0 Å². The van der Waals surface area contributed by atoms with Crippen molar-refractivity contribution in [2.45, 2.75) is 25.7 Å². The number of pyridine rings is 1. The predicted octanol–water partition coefficient (Wildman–Crippen LogP) is 0.824. The quantitative estimate of drug-likeness (QED) is 0.728. The molecule has 0 unspecified atom stereocenters. The van der Waals surface area contributed by atoms with E-state index in [9.17, 15) is 4.79 Å². The van der Waals surface area contributed by atoms with E-state index < -0.39 is 5.97 Å². The maximum Gasteiger partial charge on any atom is 0.326 e. The van der Waals surface area contributed by atoms with Crippen molar-refractivity contribution < 1.29 is 9.53 Å². The third kappa shape index (κ3) is 2.15. The molecule has 1 heterocycles. The number of hydrogen-bond acceptors (Lipinski definition) is 4. The van der Waals surface area contributed by atoms with E-state index in [0.29, 0.717) is 5.88 Å². The lowest BCUT2D eigenvalue weighted by Crippen LogP contribution is -2.21. The fourth-order valence-electron chi connectivity index (χ4n) is 1.87. The summed E-state index contributed by atoms with van der Waals surface area (Å²) in [6, 6.07) is 1.99. The molecule has 4 nitrogen and oxygen atoms in total. The highest BCUT2D eigenvalue weighted by atomic mass is 16.5. The van der Waals surface area contributed by atoms with Gasteiger partial charge in [-0.2, -0.15) is 0 Å². The molecule has 1 aromatic rings. The Labute approximate surface area is 88.4 Å². The number of carbonyl (C=O) groups excluding carboxylic acids is 1. The van der Waals surface area contributed by atoms with E-state index in [0.717, 1.165) is 24.8 Å². The van der Waals surface area contributed by atoms with Crippen LogP contribution < -0.4 is 10.5 Å². The average molecular weight is 206 g/mol. The molecule has 0 saturated carbocycles. The van der Waals surface area contributed by atoms with Gasteiger partial charge >= 0.3 is 5.97 Å². The topological polar surface area (TPSA) is 65.2 Å². The largest absolute Gasteiger partial charge is 0.406 e. The van der Waals surface area contributed by atoms with Crippen LogP contribution in [0.4, 0.5) is 0 Å². The number of nitrogens with zero attached hydrogens (tertiary/aromatic N) is 1. The van der Waals surface area contributed by atoms with Gasteiger partial charge in [-0.1, -0.05) is 0 Å². The van der Waals surface area contributed by atoms with E-state index in [1.807, 2.05) is 6.07 Å². The van der Waals surface area contributed by atoms with Crippen LogP contribution in [0.3, 0.4) is 0 Å². The SMILES string of the molecule is NCC(=O)Oc1nccc2c1CCCC2. The van der Waals surface area contributed by atoms with Crippen LogP contribution in [0, 0.1) is 0 Å². The minimum Gasteiger partial charge on any atom is -0.406 e. The summed E-state index contributed by atoms with van der Waals surface area (Å²) in [6.45, 7) is -0.106. The second kappa shape index (κ2) is 4.40. The van der Waals surface area contributed by atoms with Gasteiger partial charge in [-0.15, -0.1) is 0 Å². The van der Waals surface area contributed by atoms with Crippen LogP contribution in [0.2, 0.25) is 0 Å². The van der Waals surface area contributed by atoms with Crippen LogP contribution in [0.15, 0.2) is 12.3 Å². The van der Waals surface area contributed by atoms with Gasteiger partial charge in [0, 0.05) is 11.8 Å². The van der Waals surface area contributed by atoms with Crippen molar-refractivity contribution >= 4 is 5.97 Å². The Morgan fingerprint density at radius 2 is 2.27 bits per heavy atom. The van der Waals surface area contributed by atoms with E-state index in [-0.39, 0.29) is 6.54 Å². The number of aromatic nitrogens is 1. The number of carbonyl (C=O) groups is 1. The lowest BCUT2D eigenvalue weighted by molar-refractivity contribution is -0.133. The summed E-state index contributed by atoms with van der Waals surface area (Å²) in [4.78, 5) is 15.2. The molecule has 0 spiro atoms. The first-order chi connectivity index (χ1) is 7.31. The lowest BCUT2D eigenvalue weighted by Gasteiger charge is -2.17. The van der Waals surface area contributed by atoms with E-state index in [4.69, 9.17) is 10.5 Å². The van der Waals surface area contributed by atoms with Gasteiger partial charge in [-0.25, -0.2) is 4.98 Å². The van der Waals surface area contributed by atoms with Gasteiger partial charge in [0.2, 0.25) is 5.88 Å². The van der Waals surface area contributed by atoms with E-state index >= 15 is 0 Å². The van der Waals surface area contributed by atoms with Gasteiger partial charge in [0.1, 0.15) is 0 Å². The Bertz CT molecular complexity index is 377. The van der Waals surface area contributed by atoms with Gasteiger partial charge in [0.25, 0.3) is 0 Å². The van der Waals surface area contributed by atoms with Crippen molar-refractivity contribution in [2.75, 3.05) is 6.54 Å². The number of nitrogens with two attached hydrogens (primary N) is 1. The maximum absolute atomic E-state index is 11.1. The first-order valence-electron chi connectivity index (χ1n) is 5.19. The molecule has 1 aromatic heterocycles. The van der Waals surface area contributed by atoms with Crippen molar-refractivity contribution in [2.24, 2.45) is 5.73 Å². The molecule has 0 saturated heterocycles. The Morgan fingerprint density at radius 3 is 3.07 bits per heavy atom. The van der Waals surface area contributed by atoms with Crippen molar-refractivity contribution in [3.8, 4) is 5.88 Å². The highest BCUT2D eigenvalue weighted by molar-refractivity contribution is 5.74. The van der Waals surface area contributed by atoms with Gasteiger partial charge < -0.3 is 10.5 Å². The highest BCUT2D eigenvalue weighted by Crippen LogP contribution is 2.27. The summed E-state index contributed by atoms with van der Waals surface area (Å²) >= 11 is 0. The molecule has 0 aliphatic heterocycles. The smallest absolute Gasteiger partial charge is 0.326 e. The molecule has 1 aliphatic rings. The Morgan fingerprint density at radius 1 is 1.47 bits per heavy atom. The number of rotatable bonds is 2. The summed E-state index contributed by atoms with van der Waals surface area (Å²) in [5.74, 6) is 0.0177. The molecule has 15 heavy (non-hydrogen) atoms. The lowest BCUT2D eigenvalue weighted by atomic mass is 9.93. The van der Waals surface area contributed by atoms with E-state index in [1.165, 1.54) is 12.0 Å². The first-order valence-corrected chi connectivity index (χ1v) is 5.19. The highest BCUT2D eigenvalue weighted by Gasteiger charge is 2.16. The molecule has 0 fully saturated rings. The number of aryl methyl sites for hydroxylation is 1. The van der Waals surface area contributed by atoms with Gasteiger partial charge in [-0.05, 0) is 37.3 Å². The minimum atomic E-state index is -0.429. The second-order valence-electron chi connectivity index (χ2n) is 3.64. The van der Waals surface area contributed by atoms with Gasteiger partial charge in [-0.3, -0.25) is 4.79 Å². The molecule has 1 aliphatic carbocycles. The number of ether oxygens (including phenoxy) is 1. The second-order valence-corrected chi connectivity index (χ2v) is 3.64. The summed E-state index contributed by atoms with van der Waals surface area (Å²) in [5, 5.41) is 0. The Kier molecular flexibility index (Phi) is 2.97. The molecule has 0 amide bonds. The Hall–Kier alpha value is -1.42. The molecule has 80 valence electrons. The normalized spacial score (nSPS) is 14.5. The van der Waals surface area contributed by atoms with Crippen molar-refractivity contribution in [3.63, 3.8) is 0 Å². The monoisotopic (exact) mass is 206 g/mol. The predicted molar refractivity (Wildman–Crippen MR) is 55.6 cm³/mol. The van der Waals surface area contributed by atoms with Crippen LogP contribution in [-0.2, 0) is 17.6 Å². The first kappa shape index (κ1) is 10.1. The fraction of sp³-hybridized carbons (Fsp3) is 0.455. The van der Waals surface area contributed by atoms with Crippen LogP contribution in [-0.4, -0.2) is 17.5 Å². The van der Waals surface area contributed by atoms with Crippen molar-refractivity contribution in [1.82, 2.24) is 4.98 Å². The molecule has 0 bridgehead atoms. The molecular formula is C11H14N2O2. The van der Waals surface area contributed by atoms with Crippen LogP contribution in [0.25, 0.3) is 0 Å². The summed E-state index contributed by atoms with van der Waals surface area (Å²) in [7, 11) is 0. The summed E-state index contributed by atoms with van der Waals surface area (Å²) in [5.41, 5.74) is 7.51. The molecule has 2 N–H and O–H groups in total. The van der Waals surface area contributed by atoms with Crippen LogP contribution in [0.5, 0.6) is 5.88 Å². The number of esters is 1. The van der Waals surface area contributed by atoms with E-state index in [2.05, 4.69) is 4.98 Å². The average Bonchev–Trinajstić information content (AvgIpc) is 2.29. The zero-order valence-electron chi connectivity index (χ0n) is 8.53. The van der Waals surface area contributed by atoms with Crippen LogP contribution >= 0.6 is 0 Å². The molecule has 0 aromatic carbocycles. The molecular weight excluding hydrogens is 192 g/mol. The Balaban J connectivity index is 2.27. The molecule has 4 heteroatoms. The van der Waals surface area contributed by atoms with Crippen molar-refractivity contribution in [1.29, 1.82) is 0 Å². The zero-order chi connectivity index (χ0) is 10.7. The minimum absolute atomic E-state index is 0.106. The van der Waals surface area contributed by atoms with Crippen molar-refractivity contribution in [3.05, 3.63) is 23.4 Å². The summed E-state index contributed by atoms with van der Waals surface area (Å²) < 4.78 is 5.09. The number of fused-ring (bicyclic) bond motifs is 1. The van der Waals surface area contributed by atoms with Gasteiger partial charge in [0.15, 0.2) is 0 Å². The number of hydrogen-bond donors (Lipinski definition) is 1. The molecule has 0 radical (unpaired) electrons. The fourth-order valence-corrected chi connectivity index (χ4v) is 1.87. The molecule has 0 atom stereocenters. The third-order valence-corrected chi connectivity index (χ3v) is 2.61. The van der Waals surface area contributed by atoms with E-state index in [1.54, 1.807) is 6.20 Å². The van der Waals surface area contributed by atoms with Gasteiger partial charge in [0.05, 0.1) is 6.54 Å². The maximum atomic E-state index is 11.1. The third-order valence-electron chi connectivity index (χ3n) is 2.61. The standard InChI is InChI=1S/C11H14N2O2/c12-7-10(14)15-11-9-4-2-1-3-8(9)5-6-13-11/h5-6H,1-4,7,12H2. The zero-order valence-corrected chi connectivity index (χ0v) is 8.53.